The van der Waals surface area contributed by atoms with Crippen LogP contribution in [0.4, 0.5) is 0 Å². The van der Waals surface area contributed by atoms with Crippen molar-refractivity contribution in [3.8, 4) is 0 Å². The average Bonchev–Trinajstić information content (AvgIpc) is 2.03. The van der Waals surface area contributed by atoms with Crippen LogP contribution in [0.25, 0.3) is 0 Å². The Morgan fingerprint density at radius 2 is 2.25 bits per heavy atom. The molecule has 0 spiro atoms. The molecular weight excluding hydrogens is 152 g/mol. The molecule has 0 aliphatic carbocycles. The first-order valence-electron chi connectivity index (χ1n) is 4.24. The van der Waals surface area contributed by atoms with Crippen molar-refractivity contribution in [3.63, 3.8) is 0 Å². The summed E-state index contributed by atoms with van der Waals surface area (Å²) in [7, 11) is 0. The number of amides is 1. The minimum atomic E-state index is -0.0515. The molecule has 0 radical (unpaired) electrons. The van der Waals surface area contributed by atoms with Gasteiger partial charge in [-0.05, 0) is 13.3 Å². The Morgan fingerprint density at radius 1 is 1.67 bits per heavy atom. The van der Waals surface area contributed by atoms with Gasteiger partial charge in [0.05, 0.1) is 0 Å². The first-order chi connectivity index (χ1) is 5.61. The summed E-state index contributed by atoms with van der Waals surface area (Å²) < 4.78 is 0. The van der Waals surface area contributed by atoms with Crippen LogP contribution in [0.2, 0.25) is 0 Å². The van der Waals surface area contributed by atoms with Crippen LogP contribution in [0.15, 0.2) is 12.2 Å². The Labute approximate surface area is 74.0 Å². The lowest BCUT2D eigenvalue weighted by Crippen LogP contribution is -2.35. The summed E-state index contributed by atoms with van der Waals surface area (Å²) in [5, 5.41) is 2.77. The number of hydrogen-bond acceptors (Lipinski definition) is 2. The second-order valence-corrected chi connectivity index (χ2v) is 3.02. The lowest BCUT2D eigenvalue weighted by Gasteiger charge is -2.12. The van der Waals surface area contributed by atoms with E-state index in [1.165, 1.54) is 0 Å². The number of carbonyl (C=O) groups excluding carboxylic acids is 1. The van der Waals surface area contributed by atoms with Crippen molar-refractivity contribution in [3.05, 3.63) is 12.2 Å². The van der Waals surface area contributed by atoms with Crippen LogP contribution in [0.1, 0.15) is 20.3 Å². The highest BCUT2D eigenvalue weighted by molar-refractivity contribution is 5.78. The molecule has 0 saturated heterocycles. The zero-order chi connectivity index (χ0) is 9.56. The van der Waals surface area contributed by atoms with E-state index in [0.717, 1.165) is 12.0 Å². The summed E-state index contributed by atoms with van der Waals surface area (Å²) in [6.45, 7) is 8.49. The first-order valence-corrected chi connectivity index (χ1v) is 4.24. The van der Waals surface area contributed by atoms with Gasteiger partial charge in [0.2, 0.25) is 5.91 Å². The molecule has 1 atom stereocenters. The summed E-state index contributed by atoms with van der Waals surface area (Å²) in [4.78, 5) is 11.3. The van der Waals surface area contributed by atoms with E-state index in [1.54, 1.807) is 0 Å². The maximum absolute atomic E-state index is 11.3. The number of nitrogens with one attached hydrogen (secondary N) is 1. The van der Waals surface area contributed by atoms with Crippen molar-refractivity contribution in [2.75, 3.05) is 13.1 Å². The minimum absolute atomic E-state index is 0.0306. The molecule has 0 aliphatic rings. The Balaban J connectivity index is 3.77. The van der Waals surface area contributed by atoms with Crippen LogP contribution in [0, 0.1) is 5.92 Å². The molecule has 0 aromatic carbocycles. The Hall–Kier alpha value is -0.830. The van der Waals surface area contributed by atoms with E-state index in [2.05, 4.69) is 11.9 Å². The van der Waals surface area contributed by atoms with Crippen molar-refractivity contribution in [1.82, 2.24) is 5.32 Å². The molecule has 0 rings (SSSR count). The summed E-state index contributed by atoms with van der Waals surface area (Å²) in [5.41, 5.74) is 6.36. The molecule has 1 unspecified atom stereocenters. The van der Waals surface area contributed by atoms with Crippen LogP contribution in [-0.2, 0) is 4.79 Å². The molecule has 70 valence electrons. The zero-order valence-corrected chi connectivity index (χ0v) is 7.89. The van der Waals surface area contributed by atoms with Gasteiger partial charge in [0.25, 0.3) is 0 Å². The molecule has 3 heteroatoms. The molecule has 12 heavy (non-hydrogen) atoms. The van der Waals surface area contributed by atoms with Gasteiger partial charge in [0.1, 0.15) is 0 Å². The fourth-order valence-electron chi connectivity index (χ4n) is 0.841. The Bertz CT molecular complexity index is 162. The quantitative estimate of drug-likeness (QED) is 0.596. The minimum Gasteiger partial charge on any atom is -0.352 e. The van der Waals surface area contributed by atoms with E-state index in [-0.39, 0.29) is 11.8 Å². The number of hydrogen-bond donors (Lipinski definition) is 2. The van der Waals surface area contributed by atoms with Crippen LogP contribution in [0.5, 0.6) is 0 Å². The molecule has 0 heterocycles. The molecule has 0 aromatic heterocycles. The second-order valence-electron chi connectivity index (χ2n) is 3.02. The predicted octanol–water partition coefficient (Wildman–Crippen LogP) is 0.664. The van der Waals surface area contributed by atoms with Crippen LogP contribution < -0.4 is 11.1 Å². The molecule has 1 amide bonds. The van der Waals surface area contributed by atoms with E-state index >= 15 is 0 Å². The van der Waals surface area contributed by atoms with E-state index in [1.807, 2.05) is 13.8 Å². The van der Waals surface area contributed by atoms with Gasteiger partial charge in [0, 0.05) is 19.0 Å². The standard InChI is InChI=1S/C9H18N2O/c1-4-8(5-10)9(12)11-6-7(2)3/h8H,2,4-6,10H2,1,3H3,(H,11,12). The molecule has 0 saturated carbocycles. The van der Waals surface area contributed by atoms with Crippen molar-refractivity contribution >= 4 is 5.91 Å². The van der Waals surface area contributed by atoms with Crippen molar-refractivity contribution in [1.29, 1.82) is 0 Å². The smallest absolute Gasteiger partial charge is 0.224 e. The predicted molar refractivity (Wildman–Crippen MR) is 50.7 cm³/mol. The van der Waals surface area contributed by atoms with Gasteiger partial charge in [-0.1, -0.05) is 19.1 Å². The van der Waals surface area contributed by atoms with Gasteiger partial charge in [0.15, 0.2) is 0 Å². The Morgan fingerprint density at radius 3 is 2.58 bits per heavy atom. The molecule has 0 aliphatic heterocycles. The van der Waals surface area contributed by atoms with Crippen LogP contribution in [-0.4, -0.2) is 19.0 Å². The fraction of sp³-hybridized carbons (Fsp3) is 0.667. The van der Waals surface area contributed by atoms with Gasteiger partial charge in [-0.3, -0.25) is 4.79 Å². The lowest BCUT2D eigenvalue weighted by atomic mass is 10.1. The largest absolute Gasteiger partial charge is 0.352 e. The summed E-state index contributed by atoms with van der Waals surface area (Å²) in [6, 6.07) is 0. The molecular formula is C9H18N2O. The highest BCUT2D eigenvalue weighted by atomic mass is 16.1. The van der Waals surface area contributed by atoms with E-state index in [0.29, 0.717) is 13.1 Å². The maximum Gasteiger partial charge on any atom is 0.224 e. The highest BCUT2D eigenvalue weighted by Crippen LogP contribution is 1.99. The van der Waals surface area contributed by atoms with Gasteiger partial charge < -0.3 is 11.1 Å². The van der Waals surface area contributed by atoms with E-state index in [9.17, 15) is 4.79 Å². The molecule has 0 fully saturated rings. The van der Waals surface area contributed by atoms with E-state index in [4.69, 9.17) is 5.73 Å². The second kappa shape index (κ2) is 5.77. The Kier molecular flexibility index (Phi) is 5.37. The summed E-state index contributed by atoms with van der Waals surface area (Å²) in [5.74, 6) is -0.0210. The molecule has 0 aromatic rings. The number of rotatable bonds is 5. The first kappa shape index (κ1) is 11.2. The van der Waals surface area contributed by atoms with Crippen LogP contribution >= 0.6 is 0 Å². The van der Waals surface area contributed by atoms with Crippen molar-refractivity contribution in [2.24, 2.45) is 11.7 Å². The van der Waals surface area contributed by atoms with Gasteiger partial charge in [-0.2, -0.15) is 0 Å². The monoisotopic (exact) mass is 170 g/mol. The van der Waals surface area contributed by atoms with Gasteiger partial charge in [-0.15, -0.1) is 0 Å². The van der Waals surface area contributed by atoms with E-state index < -0.39 is 0 Å². The SMILES string of the molecule is C=C(C)CNC(=O)C(CC)CN. The summed E-state index contributed by atoms with van der Waals surface area (Å²) in [6.07, 6.45) is 0.790. The molecule has 3 N–H and O–H groups in total. The summed E-state index contributed by atoms with van der Waals surface area (Å²) >= 11 is 0. The highest BCUT2D eigenvalue weighted by Gasteiger charge is 2.12. The normalized spacial score (nSPS) is 12.2. The zero-order valence-electron chi connectivity index (χ0n) is 7.89. The van der Waals surface area contributed by atoms with Crippen molar-refractivity contribution < 1.29 is 4.79 Å². The van der Waals surface area contributed by atoms with Crippen LogP contribution in [0.3, 0.4) is 0 Å². The third-order valence-corrected chi connectivity index (χ3v) is 1.71. The third kappa shape index (κ3) is 4.13. The molecule has 0 bridgehead atoms. The van der Waals surface area contributed by atoms with Crippen molar-refractivity contribution in [2.45, 2.75) is 20.3 Å². The maximum atomic E-state index is 11.3. The van der Waals surface area contributed by atoms with Gasteiger partial charge >= 0.3 is 0 Å². The fourth-order valence-corrected chi connectivity index (χ4v) is 0.841. The lowest BCUT2D eigenvalue weighted by molar-refractivity contribution is -0.124. The third-order valence-electron chi connectivity index (χ3n) is 1.71. The molecule has 3 nitrogen and oxygen atoms in total. The topological polar surface area (TPSA) is 55.1 Å². The van der Waals surface area contributed by atoms with Gasteiger partial charge in [-0.25, -0.2) is 0 Å². The number of carbonyl (C=O) groups is 1. The average molecular weight is 170 g/mol. The number of nitrogens with two attached hydrogens (primary N) is 1.